The summed E-state index contributed by atoms with van der Waals surface area (Å²) in [5.41, 5.74) is 1.76. The van der Waals surface area contributed by atoms with Gasteiger partial charge in [-0.05, 0) is 36.7 Å². The summed E-state index contributed by atoms with van der Waals surface area (Å²) in [5.74, 6) is 1.35. The van der Waals surface area contributed by atoms with Crippen LogP contribution in [0, 0.1) is 0 Å². The standard InChI is InChI=1S/C18H19NO4S/c20-24(21,12-13-4-2-1-3-5-13)23-14-6-7-17-16(10-14)15-8-9-19-11-18(15)22-17/h1-7,10,15,18-19H,8-9,11-12H2. The zero-order chi connectivity index (χ0) is 16.6. The summed E-state index contributed by atoms with van der Waals surface area (Å²) in [7, 11) is -3.69. The van der Waals surface area contributed by atoms with E-state index < -0.39 is 10.1 Å². The van der Waals surface area contributed by atoms with Crippen LogP contribution in [0.2, 0.25) is 0 Å². The average molecular weight is 345 g/mol. The fraction of sp³-hybridized carbons (Fsp3) is 0.333. The van der Waals surface area contributed by atoms with Gasteiger partial charge in [-0.3, -0.25) is 0 Å². The molecule has 0 bridgehead atoms. The van der Waals surface area contributed by atoms with Gasteiger partial charge in [0.25, 0.3) is 0 Å². The first kappa shape index (κ1) is 15.5. The molecular formula is C18H19NO4S. The van der Waals surface area contributed by atoms with E-state index in [0.29, 0.717) is 17.2 Å². The Bertz CT molecular complexity index is 835. The first-order valence-electron chi connectivity index (χ1n) is 8.08. The Morgan fingerprint density at radius 3 is 2.83 bits per heavy atom. The van der Waals surface area contributed by atoms with Crippen LogP contribution in [-0.4, -0.2) is 27.6 Å². The Hall–Kier alpha value is -2.05. The summed E-state index contributed by atoms with van der Waals surface area (Å²) in [5, 5.41) is 3.32. The lowest BCUT2D eigenvalue weighted by molar-refractivity contribution is 0.177. The second kappa shape index (κ2) is 6.11. The minimum absolute atomic E-state index is 0.130. The van der Waals surface area contributed by atoms with Gasteiger partial charge in [-0.2, -0.15) is 8.42 Å². The molecule has 0 saturated carbocycles. The van der Waals surface area contributed by atoms with E-state index in [4.69, 9.17) is 8.92 Å². The number of fused-ring (bicyclic) bond motifs is 3. The second-order valence-corrected chi connectivity index (χ2v) is 7.80. The van der Waals surface area contributed by atoms with Gasteiger partial charge in [-0.15, -0.1) is 0 Å². The molecule has 1 saturated heterocycles. The summed E-state index contributed by atoms with van der Waals surface area (Å²) in [6.45, 7) is 1.77. The van der Waals surface area contributed by atoms with Crippen molar-refractivity contribution in [1.29, 1.82) is 0 Å². The number of ether oxygens (including phenoxy) is 1. The Kier molecular flexibility index (Phi) is 3.94. The third-order valence-corrected chi connectivity index (χ3v) is 5.63. The fourth-order valence-electron chi connectivity index (χ4n) is 3.40. The van der Waals surface area contributed by atoms with Crippen molar-refractivity contribution in [3.05, 3.63) is 59.7 Å². The van der Waals surface area contributed by atoms with E-state index >= 15 is 0 Å². The van der Waals surface area contributed by atoms with E-state index in [1.807, 2.05) is 24.3 Å². The minimum Gasteiger partial charge on any atom is -0.488 e. The molecule has 5 nitrogen and oxygen atoms in total. The molecule has 2 aromatic rings. The molecule has 2 unspecified atom stereocenters. The molecular weight excluding hydrogens is 326 g/mol. The highest BCUT2D eigenvalue weighted by atomic mass is 32.2. The Morgan fingerprint density at radius 2 is 2.00 bits per heavy atom. The van der Waals surface area contributed by atoms with Crippen LogP contribution < -0.4 is 14.2 Å². The first-order chi connectivity index (χ1) is 11.6. The van der Waals surface area contributed by atoms with Crippen LogP contribution in [0.15, 0.2) is 48.5 Å². The van der Waals surface area contributed by atoms with Gasteiger partial charge in [-0.1, -0.05) is 30.3 Å². The number of nitrogens with one attached hydrogen (secondary N) is 1. The van der Waals surface area contributed by atoms with Crippen molar-refractivity contribution in [3.8, 4) is 11.5 Å². The van der Waals surface area contributed by atoms with Crippen LogP contribution >= 0.6 is 0 Å². The smallest absolute Gasteiger partial charge is 0.313 e. The number of benzene rings is 2. The van der Waals surface area contributed by atoms with Crippen molar-refractivity contribution in [2.24, 2.45) is 0 Å². The maximum Gasteiger partial charge on any atom is 0.313 e. The number of rotatable bonds is 4. The van der Waals surface area contributed by atoms with E-state index in [1.54, 1.807) is 24.3 Å². The van der Waals surface area contributed by atoms with Crippen molar-refractivity contribution >= 4 is 10.1 Å². The SMILES string of the molecule is O=S(=O)(Cc1ccccc1)Oc1ccc2c(c1)C1CCNCC1O2. The molecule has 0 radical (unpaired) electrons. The van der Waals surface area contributed by atoms with E-state index in [1.165, 1.54) is 0 Å². The molecule has 2 heterocycles. The number of hydrogen-bond donors (Lipinski definition) is 1. The zero-order valence-corrected chi connectivity index (χ0v) is 14.0. The predicted octanol–water partition coefficient (Wildman–Crippen LogP) is 2.43. The van der Waals surface area contributed by atoms with Gasteiger partial charge in [0.05, 0.1) is 0 Å². The van der Waals surface area contributed by atoms with Gasteiger partial charge in [0.2, 0.25) is 0 Å². The highest BCUT2D eigenvalue weighted by Gasteiger charge is 2.36. The van der Waals surface area contributed by atoms with Crippen molar-refractivity contribution in [3.63, 3.8) is 0 Å². The molecule has 2 aliphatic heterocycles. The molecule has 24 heavy (non-hydrogen) atoms. The molecule has 6 heteroatoms. The van der Waals surface area contributed by atoms with Crippen LogP contribution in [0.25, 0.3) is 0 Å². The Morgan fingerprint density at radius 1 is 1.17 bits per heavy atom. The molecule has 2 atom stereocenters. The average Bonchev–Trinajstić information content (AvgIpc) is 2.93. The third kappa shape index (κ3) is 3.12. The lowest BCUT2D eigenvalue weighted by Crippen LogP contribution is -2.39. The van der Waals surface area contributed by atoms with Gasteiger partial charge >= 0.3 is 10.1 Å². The number of piperidine rings is 1. The van der Waals surface area contributed by atoms with Crippen LogP contribution in [0.1, 0.15) is 23.5 Å². The van der Waals surface area contributed by atoms with Crippen molar-refractivity contribution in [2.45, 2.75) is 24.2 Å². The zero-order valence-electron chi connectivity index (χ0n) is 13.1. The quantitative estimate of drug-likeness (QED) is 0.862. The van der Waals surface area contributed by atoms with Crippen LogP contribution in [0.5, 0.6) is 11.5 Å². The summed E-state index contributed by atoms with van der Waals surface area (Å²) in [6.07, 6.45) is 1.11. The van der Waals surface area contributed by atoms with Crippen LogP contribution in [-0.2, 0) is 15.9 Å². The lowest BCUT2D eigenvalue weighted by Gasteiger charge is -2.24. The highest BCUT2D eigenvalue weighted by Crippen LogP contribution is 2.43. The fourth-order valence-corrected chi connectivity index (χ4v) is 4.46. The van der Waals surface area contributed by atoms with Gasteiger partial charge in [-0.25, -0.2) is 0 Å². The maximum absolute atomic E-state index is 12.3. The van der Waals surface area contributed by atoms with Crippen molar-refractivity contribution in [1.82, 2.24) is 5.32 Å². The topological polar surface area (TPSA) is 64.6 Å². The normalized spacial score (nSPS) is 22.3. The second-order valence-electron chi connectivity index (χ2n) is 6.23. The van der Waals surface area contributed by atoms with E-state index in [-0.39, 0.29) is 11.9 Å². The lowest BCUT2D eigenvalue weighted by atomic mass is 9.90. The molecule has 0 aromatic heterocycles. The monoisotopic (exact) mass is 345 g/mol. The summed E-state index contributed by atoms with van der Waals surface area (Å²) < 4.78 is 35.8. The van der Waals surface area contributed by atoms with Crippen molar-refractivity contribution in [2.75, 3.05) is 13.1 Å². The highest BCUT2D eigenvalue weighted by molar-refractivity contribution is 7.86. The molecule has 2 aromatic carbocycles. The summed E-state index contributed by atoms with van der Waals surface area (Å²) >= 11 is 0. The minimum atomic E-state index is -3.69. The third-order valence-electron chi connectivity index (χ3n) is 4.49. The van der Waals surface area contributed by atoms with Gasteiger partial charge in [0.15, 0.2) is 0 Å². The maximum atomic E-state index is 12.3. The number of hydrogen-bond acceptors (Lipinski definition) is 5. The molecule has 4 rings (SSSR count). The summed E-state index contributed by atoms with van der Waals surface area (Å²) in [6, 6.07) is 14.3. The molecule has 1 N–H and O–H groups in total. The molecule has 1 fully saturated rings. The van der Waals surface area contributed by atoms with Crippen molar-refractivity contribution < 1.29 is 17.3 Å². The van der Waals surface area contributed by atoms with E-state index in [9.17, 15) is 8.42 Å². The van der Waals surface area contributed by atoms with Crippen LogP contribution in [0.4, 0.5) is 0 Å². The molecule has 126 valence electrons. The molecule has 2 aliphatic rings. The molecule has 0 spiro atoms. The molecule has 0 amide bonds. The van der Waals surface area contributed by atoms with Gasteiger partial charge in [0, 0.05) is 18.0 Å². The Balaban J connectivity index is 1.54. The van der Waals surface area contributed by atoms with Crippen LogP contribution in [0.3, 0.4) is 0 Å². The van der Waals surface area contributed by atoms with Gasteiger partial charge < -0.3 is 14.2 Å². The Labute approximate surface area is 141 Å². The van der Waals surface area contributed by atoms with E-state index in [2.05, 4.69) is 5.32 Å². The first-order valence-corrected chi connectivity index (χ1v) is 9.66. The molecule has 0 aliphatic carbocycles. The van der Waals surface area contributed by atoms with E-state index in [0.717, 1.165) is 30.8 Å². The predicted molar refractivity (Wildman–Crippen MR) is 90.8 cm³/mol. The largest absolute Gasteiger partial charge is 0.488 e. The van der Waals surface area contributed by atoms with Gasteiger partial charge in [0.1, 0.15) is 23.4 Å². The summed E-state index contributed by atoms with van der Waals surface area (Å²) in [4.78, 5) is 0.